The maximum absolute atomic E-state index is 11.4. The van der Waals surface area contributed by atoms with Gasteiger partial charge in [0.25, 0.3) is 0 Å². The molecular weight excluding hydrogens is 237 g/mol. The van der Waals surface area contributed by atoms with Crippen LogP contribution in [-0.4, -0.2) is 18.1 Å². The summed E-state index contributed by atoms with van der Waals surface area (Å²) in [6.07, 6.45) is 1.54. The third kappa shape index (κ3) is 1.58. The zero-order chi connectivity index (χ0) is 11.0. The lowest BCUT2D eigenvalue weighted by molar-refractivity contribution is 0.0603. The highest BCUT2D eigenvalue weighted by molar-refractivity contribution is 6.41. The molecule has 3 nitrogen and oxygen atoms in total. The fraction of sp³-hybridized carbons (Fsp3) is 0.100. The van der Waals surface area contributed by atoms with Crippen molar-refractivity contribution < 1.29 is 9.53 Å². The Hall–Kier alpha value is -1.19. The fourth-order valence-corrected chi connectivity index (χ4v) is 1.92. The van der Waals surface area contributed by atoms with Crippen molar-refractivity contribution in [2.75, 3.05) is 7.11 Å². The number of ether oxygens (including phenoxy) is 1. The third-order valence-electron chi connectivity index (χ3n) is 2.14. The average Bonchev–Trinajstić information content (AvgIpc) is 2.68. The fourth-order valence-electron chi connectivity index (χ4n) is 1.44. The Morgan fingerprint density at radius 2 is 2.00 bits per heavy atom. The number of rotatable bonds is 1. The van der Waals surface area contributed by atoms with Gasteiger partial charge in [0.2, 0.25) is 0 Å². The lowest BCUT2D eigenvalue weighted by atomic mass is 10.2. The van der Waals surface area contributed by atoms with E-state index in [1.807, 2.05) is 0 Å². The summed E-state index contributed by atoms with van der Waals surface area (Å²) in [5.41, 5.74) is 1.03. The van der Waals surface area contributed by atoms with Gasteiger partial charge in [-0.1, -0.05) is 23.2 Å². The molecule has 15 heavy (non-hydrogen) atoms. The van der Waals surface area contributed by atoms with Crippen LogP contribution in [0.5, 0.6) is 0 Å². The zero-order valence-electron chi connectivity index (χ0n) is 7.80. The van der Waals surface area contributed by atoms with Crippen LogP contribution >= 0.6 is 23.2 Å². The van der Waals surface area contributed by atoms with E-state index in [1.54, 1.807) is 12.1 Å². The van der Waals surface area contributed by atoms with Gasteiger partial charge in [-0.25, -0.2) is 4.79 Å². The highest BCUT2D eigenvalue weighted by Crippen LogP contribution is 2.31. The Morgan fingerprint density at radius 1 is 1.33 bits per heavy atom. The molecule has 0 aliphatic rings. The number of methoxy groups -OCH3 is 1. The molecular formula is C10H7Cl2NO2. The van der Waals surface area contributed by atoms with Gasteiger partial charge in [0, 0.05) is 11.6 Å². The first kappa shape index (κ1) is 10.3. The second kappa shape index (κ2) is 3.76. The summed E-state index contributed by atoms with van der Waals surface area (Å²) in [6.45, 7) is 0. The van der Waals surface area contributed by atoms with Crippen LogP contribution in [-0.2, 0) is 4.74 Å². The van der Waals surface area contributed by atoms with Crippen LogP contribution < -0.4 is 0 Å². The molecule has 0 saturated carbocycles. The molecule has 78 valence electrons. The minimum absolute atomic E-state index is 0.389. The molecule has 2 rings (SSSR count). The molecule has 0 aliphatic heterocycles. The molecule has 0 amide bonds. The Morgan fingerprint density at radius 3 is 2.67 bits per heavy atom. The van der Waals surface area contributed by atoms with E-state index in [0.717, 1.165) is 0 Å². The number of nitrogens with one attached hydrogen (secondary N) is 1. The summed E-state index contributed by atoms with van der Waals surface area (Å²) in [7, 11) is 1.32. The third-order valence-corrected chi connectivity index (χ3v) is 2.77. The number of fused-ring (bicyclic) bond motifs is 1. The first-order valence-electron chi connectivity index (χ1n) is 4.18. The monoisotopic (exact) mass is 243 g/mol. The van der Waals surface area contributed by atoms with E-state index in [1.165, 1.54) is 13.3 Å². The molecule has 2 aromatic rings. The molecule has 1 N–H and O–H groups in total. The van der Waals surface area contributed by atoms with Gasteiger partial charge < -0.3 is 9.72 Å². The van der Waals surface area contributed by atoms with Crippen LogP contribution in [0.25, 0.3) is 10.9 Å². The number of halogens is 2. The average molecular weight is 244 g/mol. The highest BCUT2D eigenvalue weighted by atomic mass is 35.5. The second-order valence-corrected chi connectivity index (χ2v) is 3.79. The molecule has 0 bridgehead atoms. The van der Waals surface area contributed by atoms with Crippen LogP contribution in [0.4, 0.5) is 0 Å². The van der Waals surface area contributed by atoms with Crippen LogP contribution in [0.2, 0.25) is 10.0 Å². The SMILES string of the molecule is COC(=O)c1c[nH]c2c(Cl)ccc(Cl)c12. The van der Waals surface area contributed by atoms with Crippen molar-refractivity contribution in [3.63, 3.8) is 0 Å². The summed E-state index contributed by atoms with van der Waals surface area (Å²) in [5.74, 6) is -0.439. The first-order valence-corrected chi connectivity index (χ1v) is 4.94. The number of H-pyrrole nitrogens is 1. The van der Waals surface area contributed by atoms with E-state index < -0.39 is 5.97 Å². The Bertz CT molecular complexity index is 533. The lowest BCUT2D eigenvalue weighted by Gasteiger charge is -1.99. The second-order valence-electron chi connectivity index (χ2n) is 2.97. The van der Waals surface area contributed by atoms with Crippen molar-refractivity contribution in [2.24, 2.45) is 0 Å². The number of aromatic amines is 1. The van der Waals surface area contributed by atoms with Crippen LogP contribution in [0.15, 0.2) is 18.3 Å². The van der Waals surface area contributed by atoms with Crippen molar-refractivity contribution in [1.29, 1.82) is 0 Å². The van der Waals surface area contributed by atoms with E-state index in [4.69, 9.17) is 23.2 Å². The van der Waals surface area contributed by atoms with E-state index in [0.29, 0.717) is 26.5 Å². The molecule has 0 aliphatic carbocycles. The molecule has 0 unspecified atom stereocenters. The van der Waals surface area contributed by atoms with E-state index in [2.05, 4.69) is 9.72 Å². The normalized spacial score (nSPS) is 10.6. The standard InChI is InChI=1S/C10H7Cl2NO2/c1-15-10(14)5-4-13-9-7(12)3-2-6(11)8(5)9/h2-4,13H,1H3. The lowest BCUT2D eigenvalue weighted by Crippen LogP contribution is -1.99. The number of carbonyl (C=O) groups excluding carboxylic acids is 1. The molecule has 0 atom stereocenters. The van der Waals surface area contributed by atoms with Gasteiger partial charge in [0.1, 0.15) is 0 Å². The van der Waals surface area contributed by atoms with Gasteiger partial charge in [-0.2, -0.15) is 0 Å². The Balaban J connectivity index is 2.79. The van der Waals surface area contributed by atoms with Crippen LogP contribution in [0.1, 0.15) is 10.4 Å². The predicted molar refractivity (Wildman–Crippen MR) is 59.7 cm³/mol. The molecule has 5 heteroatoms. The maximum atomic E-state index is 11.4. The zero-order valence-corrected chi connectivity index (χ0v) is 9.32. The topological polar surface area (TPSA) is 42.1 Å². The highest BCUT2D eigenvalue weighted by Gasteiger charge is 2.16. The summed E-state index contributed by atoms with van der Waals surface area (Å²) in [6, 6.07) is 3.32. The van der Waals surface area contributed by atoms with Gasteiger partial charge >= 0.3 is 5.97 Å². The largest absolute Gasteiger partial charge is 0.465 e. The molecule has 0 fully saturated rings. The molecule has 1 aromatic carbocycles. The predicted octanol–water partition coefficient (Wildman–Crippen LogP) is 3.26. The van der Waals surface area contributed by atoms with Gasteiger partial charge in [-0.05, 0) is 12.1 Å². The molecule has 0 spiro atoms. The van der Waals surface area contributed by atoms with Crippen molar-refractivity contribution in [3.8, 4) is 0 Å². The Labute approximate surface area is 95.9 Å². The Kier molecular flexibility index (Phi) is 2.59. The van der Waals surface area contributed by atoms with Crippen molar-refractivity contribution in [2.45, 2.75) is 0 Å². The molecule has 0 saturated heterocycles. The minimum atomic E-state index is -0.439. The van der Waals surface area contributed by atoms with Gasteiger partial charge in [0.05, 0.1) is 28.2 Å². The van der Waals surface area contributed by atoms with E-state index in [9.17, 15) is 4.79 Å². The molecule has 0 radical (unpaired) electrons. The van der Waals surface area contributed by atoms with E-state index >= 15 is 0 Å². The quantitative estimate of drug-likeness (QED) is 0.782. The van der Waals surface area contributed by atoms with Crippen LogP contribution in [0, 0.1) is 0 Å². The summed E-state index contributed by atoms with van der Waals surface area (Å²) in [4.78, 5) is 14.3. The summed E-state index contributed by atoms with van der Waals surface area (Å²) >= 11 is 11.9. The van der Waals surface area contributed by atoms with Crippen molar-refractivity contribution in [3.05, 3.63) is 33.9 Å². The van der Waals surface area contributed by atoms with Crippen molar-refractivity contribution >= 4 is 40.1 Å². The maximum Gasteiger partial charge on any atom is 0.340 e. The van der Waals surface area contributed by atoms with Crippen molar-refractivity contribution in [1.82, 2.24) is 4.98 Å². The van der Waals surface area contributed by atoms with Crippen LogP contribution in [0.3, 0.4) is 0 Å². The summed E-state index contributed by atoms with van der Waals surface area (Å²) in [5, 5.41) is 1.58. The van der Waals surface area contributed by atoms with Gasteiger partial charge in [-0.3, -0.25) is 0 Å². The smallest absolute Gasteiger partial charge is 0.340 e. The van der Waals surface area contributed by atoms with Gasteiger partial charge in [-0.15, -0.1) is 0 Å². The van der Waals surface area contributed by atoms with Gasteiger partial charge in [0.15, 0.2) is 0 Å². The molecule has 1 heterocycles. The summed E-state index contributed by atoms with van der Waals surface area (Å²) < 4.78 is 4.64. The number of hydrogen-bond acceptors (Lipinski definition) is 2. The number of carbonyl (C=O) groups is 1. The number of benzene rings is 1. The van der Waals surface area contributed by atoms with E-state index in [-0.39, 0.29) is 0 Å². The molecule has 1 aromatic heterocycles. The first-order chi connectivity index (χ1) is 7.15. The number of aromatic nitrogens is 1. The number of hydrogen-bond donors (Lipinski definition) is 1. The minimum Gasteiger partial charge on any atom is -0.465 e. The number of esters is 1.